The van der Waals surface area contributed by atoms with Gasteiger partial charge in [0.25, 0.3) is 0 Å². The van der Waals surface area contributed by atoms with Gasteiger partial charge < -0.3 is 9.84 Å². The standard InChI is InChI=1S/C15H19NO4S2/c1-10-6-7-21-15(10)13(17)9-16-22(18,19)12-4-5-14(20-3)11(2)8-12/h4-8,13,16-17H,9H2,1-3H3. The molecule has 120 valence electrons. The van der Waals surface area contributed by atoms with Crippen molar-refractivity contribution in [3.05, 3.63) is 45.6 Å². The lowest BCUT2D eigenvalue weighted by Crippen LogP contribution is -2.28. The number of benzene rings is 1. The van der Waals surface area contributed by atoms with Crippen molar-refractivity contribution in [2.75, 3.05) is 13.7 Å². The summed E-state index contributed by atoms with van der Waals surface area (Å²) in [7, 11) is -2.13. The molecule has 1 unspecified atom stereocenters. The predicted octanol–water partition coefficient (Wildman–Crippen LogP) is 2.39. The number of sulfonamides is 1. The predicted molar refractivity (Wildman–Crippen MR) is 86.9 cm³/mol. The minimum absolute atomic E-state index is 0.0608. The number of rotatable bonds is 6. The van der Waals surface area contributed by atoms with E-state index in [9.17, 15) is 13.5 Å². The molecule has 0 aliphatic heterocycles. The van der Waals surface area contributed by atoms with Crippen LogP contribution < -0.4 is 9.46 Å². The second-order valence-electron chi connectivity index (χ2n) is 4.97. The number of aryl methyl sites for hydroxylation is 2. The fourth-order valence-electron chi connectivity index (χ4n) is 2.11. The molecule has 0 saturated carbocycles. The minimum atomic E-state index is -3.67. The third-order valence-corrected chi connectivity index (χ3v) is 5.89. The summed E-state index contributed by atoms with van der Waals surface area (Å²) in [6.45, 7) is 3.60. The van der Waals surface area contributed by atoms with E-state index in [1.165, 1.54) is 24.5 Å². The molecule has 2 N–H and O–H groups in total. The van der Waals surface area contributed by atoms with Gasteiger partial charge in [-0.25, -0.2) is 13.1 Å². The number of ether oxygens (including phenoxy) is 1. The molecule has 2 aromatic rings. The van der Waals surface area contributed by atoms with Crippen molar-refractivity contribution >= 4 is 21.4 Å². The van der Waals surface area contributed by atoms with Crippen LogP contribution in [0.4, 0.5) is 0 Å². The maximum atomic E-state index is 12.3. The Morgan fingerprint density at radius 1 is 1.27 bits per heavy atom. The Morgan fingerprint density at radius 2 is 2.00 bits per heavy atom. The second-order valence-corrected chi connectivity index (χ2v) is 7.68. The van der Waals surface area contributed by atoms with Crippen molar-refractivity contribution in [1.29, 1.82) is 0 Å². The third kappa shape index (κ3) is 3.67. The van der Waals surface area contributed by atoms with Crippen LogP contribution in [0.2, 0.25) is 0 Å². The lowest BCUT2D eigenvalue weighted by molar-refractivity contribution is 0.185. The van der Waals surface area contributed by atoms with Crippen LogP contribution in [-0.2, 0) is 10.0 Å². The SMILES string of the molecule is COc1ccc(S(=O)(=O)NCC(O)c2sccc2C)cc1C. The highest BCUT2D eigenvalue weighted by atomic mass is 32.2. The fourth-order valence-corrected chi connectivity index (χ4v) is 4.14. The van der Waals surface area contributed by atoms with Crippen LogP contribution in [0, 0.1) is 13.8 Å². The van der Waals surface area contributed by atoms with E-state index in [-0.39, 0.29) is 11.4 Å². The molecular weight excluding hydrogens is 322 g/mol. The van der Waals surface area contributed by atoms with Gasteiger partial charge >= 0.3 is 0 Å². The smallest absolute Gasteiger partial charge is 0.240 e. The number of hydrogen-bond donors (Lipinski definition) is 2. The topological polar surface area (TPSA) is 75.6 Å². The molecule has 22 heavy (non-hydrogen) atoms. The van der Waals surface area contributed by atoms with E-state index in [0.29, 0.717) is 5.75 Å². The zero-order valence-corrected chi connectivity index (χ0v) is 14.3. The van der Waals surface area contributed by atoms with Crippen LogP contribution in [0.1, 0.15) is 22.1 Å². The zero-order chi connectivity index (χ0) is 16.3. The molecule has 5 nitrogen and oxygen atoms in total. The first-order chi connectivity index (χ1) is 10.3. The van der Waals surface area contributed by atoms with Crippen LogP contribution in [0.3, 0.4) is 0 Å². The molecule has 0 aliphatic carbocycles. The van der Waals surface area contributed by atoms with Crippen molar-refractivity contribution in [3.63, 3.8) is 0 Å². The molecule has 0 fully saturated rings. The first-order valence-corrected chi connectivity index (χ1v) is 9.08. The molecule has 1 aromatic heterocycles. The Hall–Kier alpha value is -1.41. The summed E-state index contributed by atoms with van der Waals surface area (Å²) in [4.78, 5) is 0.925. The Labute approximate surface area is 134 Å². The monoisotopic (exact) mass is 341 g/mol. The first-order valence-electron chi connectivity index (χ1n) is 6.71. The number of aliphatic hydroxyl groups is 1. The van der Waals surface area contributed by atoms with Crippen molar-refractivity contribution in [1.82, 2.24) is 4.72 Å². The summed E-state index contributed by atoms with van der Waals surface area (Å²) >= 11 is 1.41. The Bertz CT molecular complexity index is 753. The van der Waals surface area contributed by atoms with Crippen LogP contribution in [-0.4, -0.2) is 27.2 Å². The highest BCUT2D eigenvalue weighted by molar-refractivity contribution is 7.89. The molecular formula is C15H19NO4S2. The molecule has 2 rings (SSSR count). The van der Waals surface area contributed by atoms with Crippen molar-refractivity contribution < 1.29 is 18.3 Å². The molecule has 0 saturated heterocycles. The van der Waals surface area contributed by atoms with Crippen LogP contribution in [0.5, 0.6) is 5.75 Å². The van der Waals surface area contributed by atoms with Gasteiger partial charge in [0.1, 0.15) is 11.9 Å². The van der Waals surface area contributed by atoms with Gasteiger partial charge in [-0.2, -0.15) is 0 Å². The van der Waals surface area contributed by atoms with E-state index in [0.717, 1.165) is 16.0 Å². The fraction of sp³-hybridized carbons (Fsp3) is 0.333. The zero-order valence-electron chi connectivity index (χ0n) is 12.7. The van der Waals surface area contributed by atoms with Gasteiger partial charge in [0.05, 0.1) is 12.0 Å². The van der Waals surface area contributed by atoms with Gasteiger partial charge in [-0.1, -0.05) is 0 Å². The molecule has 0 spiro atoms. The van der Waals surface area contributed by atoms with Crippen LogP contribution in [0.25, 0.3) is 0 Å². The maximum absolute atomic E-state index is 12.3. The molecule has 0 aliphatic rings. The molecule has 1 heterocycles. The summed E-state index contributed by atoms with van der Waals surface area (Å²) in [6, 6.07) is 6.54. The third-order valence-electron chi connectivity index (χ3n) is 3.35. The number of hydrogen-bond acceptors (Lipinski definition) is 5. The Balaban J connectivity index is 2.11. The van der Waals surface area contributed by atoms with E-state index in [1.54, 1.807) is 19.1 Å². The first kappa shape index (κ1) is 17.0. The van der Waals surface area contributed by atoms with Gasteiger partial charge in [-0.05, 0) is 54.6 Å². The summed E-state index contributed by atoms with van der Waals surface area (Å²) in [5.41, 5.74) is 1.69. The van der Waals surface area contributed by atoms with E-state index in [4.69, 9.17) is 4.74 Å². The van der Waals surface area contributed by atoms with Crippen molar-refractivity contribution in [3.8, 4) is 5.75 Å². The molecule has 1 aromatic carbocycles. The van der Waals surface area contributed by atoms with Crippen LogP contribution >= 0.6 is 11.3 Å². The normalized spacial score (nSPS) is 13.1. The maximum Gasteiger partial charge on any atom is 0.240 e. The van der Waals surface area contributed by atoms with E-state index < -0.39 is 16.1 Å². The van der Waals surface area contributed by atoms with Gasteiger partial charge in [-0.3, -0.25) is 0 Å². The second kappa shape index (κ2) is 6.78. The Morgan fingerprint density at radius 3 is 2.55 bits per heavy atom. The lowest BCUT2D eigenvalue weighted by atomic mass is 10.2. The number of nitrogens with one attached hydrogen (secondary N) is 1. The number of thiophene rings is 1. The Kier molecular flexibility index (Phi) is 5.23. The van der Waals surface area contributed by atoms with Crippen LogP contribution in [0.15, 0.2) is 34.5 Å². The highest BCUT2D eigenvalue weighted by Gasteiger charge is 2.19. The van der Waals surface area contributed by atoms with E-state index in [1.807, 2.05) is 18.4 Å². The number of aliphatic hydroxyl groups excluding tert-OH is 1. The summed E-state index contributed by atoms with van der Waals surface area (Å²) < 4.78 is 32.1. The average Bonchev–Trinajstić information content (AvgIpc) is 2.91. The average molecular weight is 341 g/mol. The van der Waals surface area contributed by atoms with Gasteiger partial charge in [0.2, 0.25) is 10.0 Å². The number of methoxy groups -OCH3 is 1. The molecule has 1 atom stereocenters. The molecule has 0 amide bonds. The molecule has 0 radical (unpaired) electrons. The molecule has 0 bridgehead atoms. The largest absolute Gasteiger partial charge is 0.496 e. The van der Waals surface area contributed by atoms with Crippen molar-refractivity contribution in [2.45, 2.75) is 24.8 Å². The lowest BCUT2D eigenvalue weighted by Gasteiger charge is -2.13. The van der Waals surface area contributed by atoms with E-state index in [2.05, 4.69) is 4.72 Å². The van der Waals surface area contributed by atoms with Gasteiger partial charge in [0, 0.05) is 11.4 Å². The van der Waals surface area contributed by atoms with Gasteiger partial charge in [-0.15, -0.1) is 11.3 Å². The summed E-state index contributed by atoms with van der Waals surface area (Å²) in [6.07, 6.45) is -0.853. The van der Waals surface area contributed by atoms with E-state index >= 15 is 0 Å². The molecule has 7 heteroatoms. The minimum Gasteiger partial charge on any atom is -0.496 e. The summed E-state index contributed by atoms with van der Waals surface area (Å²) in [5.74, 6) is 0.633. The highest BCUT2D eigenvalue weighted by Crippen LogP contribution is 2.24. The summed E-state index contributed by atoms with van der Waals surface area (Å²) in [5, 5.41) is 12.0. The van der Waals surface area contributed by atoms with Crippen molar-refractivity contribution in [2.24, 2.45) is 0 Å². The quantitative estimate of drug-likeness (QED) is 0.846. The van der Waals surface area contributed by atoms with Gasteiger partial charge in [0.15, 0.2) is 0 Å².